The van der Waals surface area contributed by atoms with Gasteiger partial charge in [0.2, 0.25) is 11.7 Å². The summed E-state index contributed by atoms with van der Waals surface area (Å²) in [5.41, 5.74) is 2.05. The molecule has 0 saturated carbocycles. The van der Waals surface area contributed by atoms with E-state index in [2.05, 4.69) is 25.4 Å². The zero-order valence-corrected chi connectivity index (χ0v) is 18.4. The van der Waals surface area contributed by atoms with E-state index in [1.165, 1.54) is 10.9 Å². The predicted molar refractivity (Wildman–Crippen MR) is 121 cm³/mol. The van der Waals surface area contributed by atoms with Crippen LogP contribution in [0.15, 0.2) is 69.1 Å². The third-order valence-corrected chi connectivity index (χ3v) is 5.85. The highest BCUT2D eigenvalue weighted by Crippen LogP contribution is 2.21. The average Bonchev–Trinajstić information content (AvgIpc) is 3.45. The summed E-state index contributed by atoms with van der Waals surface area (Å²) in [4.78, 5) is 22.8. The first-order chi connectivity index (χ1) is 15.6. The molecule has 0 aliphatic heterocycles. The topological polar surface area (TPSA) is 105 Å². The summed E-state index contributed by atoms with van der Waals surface area (Å²) in [7, 11) is 0. The Morgan fingerprint density at radius 3 is 2.59 bits per heavy atom. The largest absolute Gasteiger partial charge is 0.337 e. The SMILES string of the molecule is CSc1ccc(-c2noc(Cn3cnc4c(nnn4Cc4ccc(Cl)cc4)c3=O)n2)cc1. The Labute approximate surface area is 191 Å². The minimum Gasteiger partial charge on any atom is -0.337 e. The molecule has 0 radical (unpaired) electrons. The lowest BCUT2D eigenvalue weighted by Crippen LogP contribution is -2.21. The smallest absolute Gasteiger partial charge is 0.283 e. The van der Waals surface area contributed by atoms with Gasteiger partial charge in [-0.3, -0.25) is 9.36 Å². The van der Waals surface area contributed by atoms with Crippen molar-refractivity contribution in [3.63, 3.8) is 0 Å². The molecule has 0 saturated heterocycles. The molecule has 0 spiro atoms. The molecule has 32 heavy (non-hydrogen) atoms. The number of benzene rings is 2. The van der Waals surface area contributed by atoms with Crippen LogP contribution in [-0.4, -0.2) is 40.9 Å². The molecule has 0 aliphatic rings. The quantitative estimate of drug-likeness (QED) is 0.351. The normalized spacial score (nSPS) is 11.3. The molecular weight excluding hydrogens is 450 g/mol. The number of halogens is 1. The maximum atomic E-state index is 12.9. The predicted octanol–water partition coefficient (Wildman–Crippen LogP) is 3.51. The number of nitrogens with zero attached hydrogens (tertiary/aromatic N) is 7. The van der Waals surface area contributed by atoms with Crippen molar-refractivity contribution in [3.05, 3.63) is 81.7 Å². The van der Waals surface area contributed by atoms with E-state index in [1.54, 1.807) is 28.6 Å². The van der Waals surface area contributed by atoms with E-state index >= 15 is 0 Å². The van der Waals surface area contributed by atoms with Gasteiger partial charge in [0.1, 0.15) is 12.9 Å². The molecule has 0 unspecified atom stereocenters. The van der Waals surface area contributed by atoms with Crippen molar-refractivity contribution in [1.29, 1.82) is 0 Å². The van der Waals surface area contributed by atoms with Crippen molar-refractivity contribution in [3.8, 4) is 11.4 Å². The molecule has 2 aromatic carbocycles. The van der Waals surface area contributed by atoms with Crippen LogP contribution in [-0.2, 0) is 13.1 Å². The van der Waals surface area contributed by atoms with E-state index in [0.717, 1.165) is 16.0 Å². The molecule has 9 nitrogen and oxygen atoms in total. The van der Waals surface area contributed by atoms with Crippen LogP contribution >= 0.6 is 23.4 Å². The van der Waals surface area contributed by atoms with E-state index in [-0.39, 0.29) is 17.6 Å². The zero-order chi connectivity index (χ0) is 22.1. The molecule has 0 bridgehead atoms. The molecule has 0 fully saturated rings. The van der Waals surface area contributed by atoms with Crippen molar-refractivity contribution in [2.45, 2.75) is 18.0 Å². The Kier molecular flexibility index (Phi) is 5.46. The molecule has 0 atom stereocenters. The fourth-order valence-electron chi connectivity index (χ4n) is 3.19. The summed E-state index contributed by atoms with van der Waals surface area (Å²) in [6, 6.07) is 15.2. The number of hydrogen-bond acceptors (Lipinski definition) is 8. The van der Waals surface area contributed by atoms with E-state index in [9.17, 15) is 4.79 Å². The van der Waals surface area contributed by atoms with Crippen molar-refractivity contribution in [2.75, 3.05) is 6.26 Å². The first-order valence-corrected chi connectivity index (χ1v) is 11.2. The summed E-state index contributed by atoms with van der Waals surface area (Å²) in [6.07, 6.45) is 3.45. The van der Waals surface area contributed by atoms with Gasteiger partial charge in [-0.1, -0.05) is 34.1 Å². The number of hydrogen-bond donors (Lipinski definition) is 0. The monoisotopic (exact) mass is 465 g/mol. The van der Waals surface area contributed by atoms with Crippen LogP contribution in [0.3, 0.4) is 0 Å². The molecule has 11 heteroatoms. The van der Waals surface area contributed by atoms with Gasteiger partial charge in [0.25, 0.3) is 5.56 Å². The third kappa shape index (κ3) is 4.02. The van der Waals surface area contributed by atoms with Gasteiger partial charge in [0, 0.05) is 15.5 Å². The van der Waals surface area contributed by atoms with Crippen molar-refractivity contribution >= 4 is 34.5 Å². The van der Waals surface area contributed by atoms with Crippen molar-refractivity contribution < 1.29 is 4.52 Å². The standard InChI is InChI=1S/C21H16ClN7O2S/c1-32-16-8-4-14(5-9-16)19-24-17(31-26-19)11-28-12-23-20-18(21(28)30)25-27-29(20)10-13-2-6-15(22)7-3-13/h2-9,12H,10-11H2,1H3. The molecule has 160 valence electrons. The second-order valence-corrected chi connectivity index (χ2v) is 8.28. The van der Waals surface area contributed by atoms with E-state index in [4.69, 9.17) is 16.1 Å². The minimum absolute atomic E-state index is 0.0850. The van der Waals surface area contributed by atoms with Crippen LogP contribution < -0.4 is 5.56 Å². The second-order valence-electron chi connectivity index (χ2n) is 6.96. The summed E-state index contributed by atoms with van der Waals surface area (Å²) in [5.74, 6) is 0.759. The van der Waals surface area contributed by atoms with Gasteiger partial charge >= 0.3 is 0 Å². The first kappa shape index (κ1) is 20.4. The van der Waals surface area contributed by atoms with Crippen molar-refractivity contribution in [1.82, 2.24) is 34.7 Å². The lowest BCUT2D eigenvalue weighted by Gasteiger charge is -2.03. The van der Waals surface area contributed by atoms with Crippen LogP contribution in [0.25, 0.3) is 22.6 Å². The Bertz CT molecular complexity index is 1440. The highest BCUT2D eigenvalue weighted by Gasteiger charge is 2.15. The van der Waals surface area contributed by atoms with Gasteiger partial charge in [-0.15, -0.1) is 16.9 Å². The van der Waals surface area contributed by atoms with Crippen molar-refractivity contribution in [2.24, 2.45) is 0 Å². The molecular formula is C21H16ClN7O2S. The summed E-state index contributed by atoms with van der Waals surface area (Å²) in [6.45, 7) is 0.508. The Morgan fingerprint density at radius 2 is 1.84 bits per heavy atom. The third-order valence-electron chi connectivity index (χ3n) is 4.86. The minimum atomic E-state index is -0.332. The molecule has 3 aromatic heterocycles. The van der Waals surface area contributed by atoms with Crippen LogP contribution in [0, 0.1) is 0 Å². The van der Waals surface area contributed by atoms with E-state index in [1.807, 2.05) is 42.7 Å². The maximum absolute atomic E-state index is 12.9. The van der Waals surface area contributed by atoms with Gasteiger partial charge in [0.05, 0.1) is 6.54 Å². The number of thioether (sulfide) groups is 1. The molecule has 0 amide bonds. The Balaban J connectivity index is 1.38. The first-order valence-electron chi connectivity index (χ1n) is 9.61. The lowest BCUT2D eigenvalue weighted by atomic mass is 10.2. The molecule has 0 N–H and O–H groups in total. The van der Waals surface area contributed by atoms with Crippen LogP contribution in [0.5, 0.6) is 0 Å². The highest BCUT2D eigenvalue weighted by atomic mass is 35.5. The lowest BCUT2D eigenvalue weighted by molar-refractivity contribution is 0.369. The number of rotatable bonds is 6. The summed E-state index contributed by atoms with van der Waals surface area (Å²) >= 11 is 7.59. The molecule has 5 rings (SSSR count). The fourth-order valence-corrected chi connectivity index (χ4v) is 3.73. The maximum Gasteiger partial charge on any atom is 0.283 e. The van der Waals surface area contributed by atoms with Crippen LogP contribution in [0.1, 0.15) is 11.5 Å². The van der Waals surface area contributed by atoms with Crippen LogP contribution in [0.4, 0.5) is 0 Å². The summed E-state index contributed by atoms with van der Waals surface area (Å²) < 4.78 is 8.28. The van der Waals surface area contributed by atoms with E-state index < -0.39 is 0 Å². The van der Waals surface area contributed by atoms with Gasteiger partial charge in [0.15, 0.2) is 11.2 Å². The number of fused-ring (bicyclic) bond motifs is 1. The highest BCUT2D eigenvalue weighted by molar-refractivity contribution is 7.98. The molecule has 3 heterocycles. The fraction of sp³-hybridized carbons (Fsp3) is 0.143. The number of aromatic nitrogens is 7. The van der Waals surface area contributed by atoms with Gasteiger partial charge in [-0.05, 0) is 48.2 Å². The zero-order valence-electron chi connectivity index (χ0n) is 16.8. The Hall–Kier alpha value is -3.50. The van der Waals surface area contributed by atoms with Gasteiger partial charge < -0.3 is 4.52 Å². The average molecular weight is 466 g/mol. The van der Waals surface area contributed by atoms with Gasteiger partial charge in [-0.2, -0.15) is 4.98 Å². The van der Waals surface area contributed by atoms with Crippen LogP contribution in [0.2, 0.25) is 5.02 Å². The summed E-state index contributed by atoms with van der Waals surface area (Å²) in [5, 5.41) is 12.8. The molecule has 5 aromatic rings. The Morgan fingerprint density at radius 1 is 1.06 bits per heavy atom. The van der Waals surface area contributed by atoms with E-state index in [0.29, 0.717) is 28.9 Å². The van der Waals surface area contributed by atoms with Gasteiger partial charge in [-0.25, -0.2) is 9.67 Å². The second kappa shape index (κ2) is 8.56. The molecule has 0 aliphatic carbocycles.